The van der Waals surface area contributed by atoms with Crippen LogP contribution in [0.4, 0.5) is 0 Å². The molecule has 1 unspecified atom stereocenters. The van der Waals surface area contributed by atoms with E-state index in [1.54, 1.807) is 13.0 Å². The van der Waals surface area contributed by atoms with Crippen molar-refractivity contribution in [2.45, 2.75) is 25.3 Å². The van der Waals surface area contributed by atoms with E-state index in [0.29, 0.717) is 12.8 Å². The third-order valence-electron chi connectivity index (χ3n) is 1.90. The van der Waals surface area contributed by atoms with Crippen LogP contribution >= 0.6 is 0 Å². The van der Waals surface area contributed by atoms with Crippen LogP contribution in [0.5, 0.6) is 0 Å². The van der Waals surface area contributed by atoms with Crippen LogP contribution in [0.2, 0.25) is 0 Å². The fourth-order valence-electron chi connectivity index (χ4n) is 0.908. The fraction of sp³-hybridized carbons (Fsp3) is 0.500. The van der Waals surface area contributed by atoms with Crippen LogP contribution in [-0.4, -0.2) is 23.2 Å². The molecule has 0 saturated carbocycles. The minimum absolute atomic E-state index is 0.264. The lowest BCUT2D eigenvalue weighted by Crippen LogP contribution is -2.49. The smallest absolute Gasteiger partial charge is 0.323 e. The van der Waals surface area contributed by atoms with Crippen molar-refractivity contribution in [1.29, 1.82) is 0 Å². The van der Waals surface area contributed by atoms with E-state index in [2.05, 4.69) is 17.8 Å². The summed E-state index contributed by atoms with van der Waals surface area (Å²) in [6.07, 6.45) is 7.88. The molecule has 0 saturated heterocycles. The summed E-state index contributed by atoms with van der Waals surface area (Å²) in [5.74, 6) is 1.47. The molecular weight excluding hydrogens is 166 g/mol. The van der Waals surface area contributed by atoms with Gasteiger partial charge in [-0.3, -0.25) is 10.1 Å². The number of carbonyl (C=O) groups is 1. The second-order valence-corrected chi connectivity index (χ2v) is 3.02. The summed E-state index contributed by atoms with van der Waals surface area (Å²) in [6.45, 7) is 5.43. The molecule has 0 spiro atoms. The van der Waals surface area contributed by atoms with Gasteiger partial charge in [-0.1, -0.05) is 12.0 Å². The Bertz CT molecular complexity index is 230. The zero-order chi connectivity index (χ0) is 10.3. The molecule has 3 heteroatoms. The number of aliphatic carboxylic acids is 1. The van der Waals surface area contributed by atoms with Crippen molar-refractivity contribution in [3.8, 4) is 12.3 Å². The van der Waals surface area contributed by atoms with Gasteiger partial charge in [-0.25, -0.2) is 0 Å². The van der Waals surface area contributed by atoms with E-state index in [1.807, 2.05) is 0 Å². The molecule has 0 heterocycles. The SMILES string of the molecule is C#CCNC(C)(CCC=C)C(=O)O. The minimum atomic E-state index is -0.944. The molecule has 0 rings (SSSR count). The maximum atomic E-state index is 10.9. The molecular formula is C10H15NO2. The molecule has 0 bridgehead atoms. The second-order valence-electron chi connectivity index (χ2n) is 3.02. The first-order valence-corrected chi connectivity index (χ1v) is 4.09. The molecule has 13 heavy (non-hydrogen) atoms. The van der Waals surface area contributed by atoms with E-state index < -0.39 is 11.5 Å². The highest BCUT2D eigenvalue weighted by atomic mass is 16.4. The van der Waals surface area contributed by atoms with E-state index in [9.17, 15) is 4.79 Å². The van der Waals surface area contributed by atoms with E-state index in [1.165, 1.54) is 0 Å². The van der Waals surface area contributed by atoms with Gasteiger partial charge in [0.25, 0.3) is 0 Å². The summed E-state index contributed by atoms with van der Waals surface area (Å²) >= 11 is 0. The standard InChI is InChI=1S/C10H15NO2/c1-4-6-7-10(3,9(12)13)11-8-5-2/h2,4,11H,1,6-8H2,3H3,(H,12,13). The molecule has 0 radical (unpaired) electrons. The Labute approximate surface area is 78.8 Å². The first kappa shape index (κ1) is 11.7. The van der Waals surface area contributed by atoms with Gasteiger partial charge in [0.2, 0.25) is 0 Å². The quantitative estimate of drug-likeness (QED) is 0.475. The van der Waals surface area contributed by atoms with Crippen LogP contribution in [0.1, 0.15) is 19.8 Å². The number of hydrogen-bond donors (Lipinski definition) is 2. The molecule has 2 N–H and O–H groups in total. The number of carboxylic acids is 1. The predicted molar refractivity (Wildman–Crippen MR) is 52.3 cm³/mol. The molecule has 0 fully saturated rings. The highest BCUT2D eigenvalue weighted by molar-refractivity contribution is 5.78. The average molecular weight is 181 g/mol. The van der Waals surface area contributed by atoms with Gasteiger partial charge in [0.15, 0.2) is 0 Å². The highest BCUT2D eigenvalue weighted by Crippen LogP contribution is 2.12. The Morgan fingerprint density at radius 3 is 2.85 bits per heavy atom. The zero-order valence-corrected chi connectivity index (χ0v) is 7.84. The number of hydrogen-bond acceptors (Lipinski definition) is 2. The van der Waals surface area contributed by atoms with Crippen molar-refractivity contribution in [2.24, 2.45) is 0 Å². The van der Waals surface area contributed by atoms with Gasteiger partial charge >= 0.3 is 5.97 Å². The Hall–Kier alpha value is -1.27. The van der Waals surface area contributed by atoms with Gasteiger partial charge in [0.05, 0.1) is 6.54 Å². The van der Waals surface area contributed by atoms with Gasteiger partial charge in [0, 0.05) is 0 Å². The molecule has 0 aromatic heterocycles. The normalized spacial score (nSPS) is 14.2. The topological polar surface area (TPSA) is 49.3 Å². The predicted octanol–water partition coefficient (Wildman–Crippen LogP) is 1.02. The first-order chi connectivity index (χ1) is 6.06. The van der Waals surface area contributed by atoms with Crippen molar-refractivity contribution >= 4 is 5.97 Å². The highest BCUT2D eigenvalue weighted by Gasteiger charge is 2.30. The number of allylic oxidation sites excluding steroid dienone is 1. The molecule has 0 aliphatic carbocycles. The Morgan fingerprint density at radius 2 is 2.46 bits per heavy atom. The Morgan fingerprint density at radius 1 is 1.85 bits per heavy atom. The van der Waals surface area contributed by atoms with Crippen molar-refractivity contribution in [2.75, 3.05) is 6.54 Å². The van der Waals surface area contributed by atoms with Crippen LogP contribution in [0, 0.1) is 12.3 Å². The van der Waals surface area contributed by atoms with Crippen molar-refractivity contribution < 1.29 is 9.90 Å². The summed E-state index contributed by atoms with van der Waals surface area (Å²) in [4.78, 5) is 10.9. The summed E-state index contributed by atoms with van der Waals surface area (Å²) in [6, 6.07) is 0. The summed E-state index contributed by atoms with van der Waals surface area (Å²) in [5.41, 5.74) is -0.944. The Kier molecular flexibility index (Phi) is 4.86. The maximum absolute atomic E-state index is 10.9. The number of carboxylic acid groups (broad SMARTS) is 1. The van der Waals surface area contributed by atoms with E-state index in [-0.39, 0.29) is 6.54 Å². The Balaban J connectivity index is 4.26. The average Bonchev–Trinajstić information content (AvgIpc) is 2.11. The molecule has 3 nitrogen and oxygen atoms in total. The lowest BCUT2D eigenvalue weighted by molar-refractivity contribution is -0.144. The minimum Gasteiger partial charge on any atom is -0.480 e. The largest absolute Gasteiger partial charge is 0.480 e. The number of rotatable bonds is 6. The van der Waals surface area contributed by atoms with Crippen LogP contribution in [0.25, 0.3) is 0 Å². The van der Waals surface area contributed by atoms with Gasteiger partial charge in [-0.05, 0) is 19.8 Å². The first-order valence-electron chi connectivity index (χ1n) is 4.09. The molecule has 0 aliphatic heterocycles. The molecule has 72 valence electrons. The van der Waals surface area contributed by atoms with Gasteiger partial charge in [-0.2, -0.15) is 0 Å². The second kappa shape index (κ2) is 5.39. The molecule has 0 amide bonds. The maximum Gasteiger partial charge on any atom is 0.323 e. The summed E-state index contributed by atoms with van der Waals surface area (Å²) in [5, 5.41) is 11.7. The zero-order valence-electron chi connectivity index (χ0n) is 7.84. The van der Waals surface area contributed by atoms with Gasteiger partial charge in [0.1, 0.15) is 5.54 Å². The summed E-state index contributed by atoms with van der Waals surface area (Å²) in [7, 11) is 0. The van der Waals surface area contributed by atoms with Crippen molar-refractivity contribution in [3.63, 3.8) is 0 Å². The summed E-state index contributed by atoms with van der Waals surface area (Å²) < 4.78 is 0. The third kappa shape index (κ3) is 3.77. The van der Waals surface area contributed by atoms with Crippen molar-refractivity contribution in [3.05, 3.63) is 12.7 Å². The monoisotopic (exact) mass is 181 g/mol. The van der Waals surface area contributed by atoms with Gasteiger partial charge < -0.3 is 5.11 Å². The molecule has 0 aromatic carbocycles. The van der Waals surface area contributed by atoms with Crippen LogP contribution in [-0.2, 0) is 4.79 Å². The lowest BCUT2D eigenvalue weighted by atomic mass is 9.96. The van der Waals surface area contributed by atoms with Crippen LogP contribution in [0.15, 0.2) is 12.7 Å². The van der Waals surface area contributed by atoms with Crippen molar-refractivity contribution in [1.82, 2.24) is 5.32 Å². The molecule has 1 atom stereocenters. The lowest BCUT2D eigenvalue weighted by Gasteiger charge is -2.24. The van der Waals surface area contributed by atoms with E-state index >= 15 is 0 Å². The molecule has 0 aliphatic rings. The van der Waals surface area contributed by atoms with Crippen LogP contribution < -0.4 is 5.32 Å². The van der Waals surface area contributed by atoms with E-state index in [0.717, 1.165) is 0 Å². The molecule has 0 aromatic rings. The van der Waals surface area contributed by atoms with E-state index in [4.69, 9.17) is 11.5 Å². The van der Waals surface area contributed by atoms with Crippen LogP contribution in [0.3, 0.4) is 0 Å². The number of terminal acetylenes is 1. The van der Waals surface area contributed by atoms with Gasteiger partial charge in [-0.15, -0.1) is 13.0 Å². The fourth-order valence-corrected chi connectivity index (χ4v) is 0.908. The number of nitrogens with one attached hydrogen (secondary N) is 1. The third-order valence-corrected chi connectivity index (χ3v) is 1.90.